The molecule has 0 spiro atoms. The molecule has 0 aliphatic heterocycles. The molecule has 1 aromatic carbocycles. The first-order valence-electron chi connectivity index (χ1n) is 4.67. The fraction of sp³-hybridized carbons (Fsp3) is 0.200. The molecule has 2 aromatic rings. The Morgan fingerprint density at radius 1 is 1.33 bits per heavy atom. The summed E-state index contributed by atoms with van der Waals surface area (Å²) in [5.74, 6) is 0.795. The molecule has 1 heterocycles. The highest BCUT2D eigenvalue weighted by atomic mass is 15.3. The monoisotopic (exact) mass is 203 g/mol. The van der Waals surface area contributed by atoms with E-state index in [1.54, 1.807) is 0 Å². The molecule has 0 unspecified atom stereocenters. The van der Waals surface area contributed by atoms with Crippen LogP contribution < -0.4 is 11.1 Å². The minimum atomic E-state index is 0.308. The summed E-state index contributed by atoms with van der Waals surface area (Å²) in [6, 6.07) is 6.16. The summed E-state index contributed by atoms with van der Waals surface area (Å²) in [5, 5.41) is 9.59. The number of H-pyrrole nitrogens is 1. The van der Waals surface area contributed by atoms with Crippen LogP contribution in [0.5, 0.6) is 0 Å². The summed E-state index contributed by atoms with van der Waals surface area (Å²) < 4.78 is 0. The first kappa shape index (κ1) is 9.51. The molecule has 0 aliphatic carbocycles. The highest BCUT2D eigenvalue weighted by Gasteiger charge is 2.03. The number of hydrogen-bond donors (Lipinski definition) is 3. The van der Waals surface area contributed by atoms with E-state index in [9.17, 15) is 0 Å². The Hall–Kier alpha value is -2.04. The van der Waals surface area contributed by atoms with Gasteiger partial charge in [0.1, 0.15) is 0 Å². The number of benzene rings is 1. The Kier molecular flexibility index (Phi) is 2.29. The summed E-state index contributed by atoms with van der Waals surface area (Å²) in [4.78, 5) is 3.98. The van der Waals surface area contributed by atoms with Gasteiger partial charge in [-0.05, 0) is 31.0 Å². The van der Waals surface area contributed by atoms with Crippen LogP contribution in [-0.2, 0) is 0 Å². The van der Waals surface area contributed by atoms with Gasteiger partial charge in [-0.2, -0.15) is 4.98 Å². The van der Waals surface area contributed by atoms with E-state index in [0.29, 0.717) is 11.9 Å². The molecule has 2 rings (SSSR count). The van der Waals surface area contributed by atoms with Gasteiger partial charge in [0.05, 0.1) is 0 Å². The molecule has 0 radical (unpaired) electrons. The Morgan fingerprint density at radius 2 is 2.13 bits per heavy atom. The molecule has 5 nitrogen and oxygen atoms in total. The van der Waals surface area contributed by atoms with Crippen molar-refractivity contribution in [3.8, 4) is 0 Å². The second-order valence-corrected chi connectivity index (χ2v) is 3.49. The molecular formula is C10H13N5. The third kappa shape index (κ3) is 2.07. The van der Waals surface area contributed by atoms with Gasteiger partial charge in [-0.15, -0.1) is 5.10 Å². The maximum atomic E-state index is 5.43. The number of nitrogens with zero attached hydrogens (tertiary/aromatic N) is 2. The van der Waals surface area contributed by atoms with Crippen molar-refractivity contribution < 1.29 is 0 Å². The molecule has 5 heteroatoms. The second-order valence-electron chi connectivity index (χ2n) is 3.49. The molecular weight excluding hydrogens is 190 g/mol. The molecule has 0 amide bonds. The zero-order valence-corrected chi connectivity index (χ0v) is 8.70. The van der Waals surface area contributed by atoms with Crippen molar-refractivity contribution in [1.82, 2.24) is 15.2 Å². The number of nitrogen functional groups attached to an aromatic ring is 1. The molecule has 0 saturated carbocycles. The number of rotatable bonds is 2. The van der Waals surface area contributed by atoms with E-state index >= 15 is 0 Å². The topological polar surface area (TPSA) is 79.6 Å². The average Bonchev–Trinajstić information content (AvgIpc) is 2.58. The number of anilines is 3. The smallest absolute Gasteiger partial charge is 0.248 e. The van der Waals surface area contributed by atoms with E-state index in [-0.39, 0.29) is 0 Å². The van der Waals surface area contributed by atoms with E-state index in [0.717, 1.165) is 11.3 Å². The predicted octanol–water partition coefficient (Wildman–Crippen LogP) is 1.75. The molecule has 15 heavy (non-hydrogen) atoms. The van der Waals surface area contributed by atoms with Crippen LogP contribution in [0.25, 0.3) is 0 Å². The van der Waals surface area contributed by atoms with Gasteiger partial charge in [0.25, 0.3) is 0 Å². The first-order chi connectivity index (χ1) is 7.15. The number of nitrogens with one attached hydrogen (secondary N) is 2. The standard InChI is InChI=1S/C10H13N5/c1-6-3-4-7(2)8(5-6)12-10-13-9(11)14-15-10/h3-5H,1-2H3,(H4,11,12,13,14,15). The number of nitrogens with two attached hydrogens (primary N) is 1. The van der Waals surface area contributed by atoms with Gasteiger partial charge < -0.3 is 11.1 Å². The minimum Gasteiger partial charge on any atom is -0.368 e. The van der Waals surface area contributed by atoms with Crippen molar-refractivity contribution in [2.24, 2.45) is 0 Å². The molecule has 0 fully saturated rings. The van der Waals surface area contributed by atoms with Crippen LogP contribution in [0.3, 0.4) is 0 Å². The molecule has 1 aromatic heterocycles. The van der Waals surface area contributed by atoms with Crippen molar-refractivity contribution in [3.05, 3.63) is 29.3 Å². The quantitative estimate of drug-likeness (QED) is 0.694. The fourth-order valence-corrected chi connectivity index (χ4v) is 1.32. The summed E-state index contributed by atoms with van der Waals surface area (Å²) in [5.41, 5.74) is 8.75. The minimum absolute atomic E-state index is 0.308. The number of aryl methyl sites for hydroxylation is 2. The van der Waals surface area contributed by atoms with Gasteiger partial charge in [0.2, 0.25) is 11.9 Å². The van der Waals surface area contributed by atoms with Crippen LogP contribution in [0.1, 0.15) is 11.1 Å². The number of aromatic amines is 1. The van der Waals surface area contributed by atoms with E-state index in [4.69, 9.17) is 5.73 Å². The third-order valence-electron chi connectivity index (χ3n) is 2.14. The molecule has 0 bridgehead atoms. The van der Waals surface area contributed by atoms with Crippen molar-refractivity contribution in [3.63, 3.8) is 0 Å². The Bertz CT molecular complexity index is 474. The fourth-order valence-electron chi connectivity index (χ4n) is 1.32. The van der Waals surface area contributed by atoms with Gasteiger partial charge in [-0.1, -0.05) is 12.1 Å². The van der Waals surface area contributed by atoms with Crippen molar-refractivity contribution in [1.29, 1.82) is 0 Å². The maximum Gasteiger partial charge on any atom is 0.248 e. The second kappa shape index (κ2) is 3.61. The Morgan fingerprint density at radius 3 is 2.80 bits per heavy atom. The third-order valence-corrected chi connectivity index (χ3v) is 2.14. The highest BCUT2D eigenvalue weighted by molar-refractivity contribution is 5.59. The Balaban J connectivity index is 2.27. The van der Waals surface area contributed by atoms with Gasteiger partial charge in [0.15, 0.2) is 0 Å². The van der Waals surface area contributed by atoms with Gasteiger partial charge in [-0.25, -0.2) is 5.10 Å². The van der Waals surface area contributed by atoms with Gasteiger partial charge in [-0.3, -0.25) is 0 Å². The lowest BCUT2D eigenvalue weighted by atomic mass is 10.1. The Labute approximate surface area is 87.7 Å². The zero-order chi connectivity index (χ0) is 10.8. The normalized spacial score (nSPS) is 10.3. The van der Waals surface area contributed by atoms with Crippen LogP contribution in [0, 0.1) is 13.8 Å². The summed E-state index contributed by atoms with van der Waals surface area (Å²) >= 11 is 0. The lowest BCUT2D eigenvalue weighted by molar-refractivity contribution is 1.10. The molecule has 4 N–H and O–H groups in total. The maximum absolute atomic E-state index is 5.43. The lowest BCUT2D eigenvalue weighted by Crippen LogP contribution is -1.95. The van der Waals surface area contributed by atoms with Crippen LogP contribution >= 0.6 is 0 Å². The largest absolute Gasteiger partial charge is 0.368 e. The molecule has 0 aliphatic rings. The van der Waals surface area contributed by atoms with E-state index in [2.05, 4.69) is 26.6 Å². The van der Waals surface area contributed by atoms with E-state index in [1.165, 1.54) is 5.56 Å². The van der Waals surface area contributed by atoms with Crippen LogP contribution in [0.2, 0.25) is 0 Å². The predicted molar refractivity (Wildman–Crippen MR) is 60.0 cm³/mol. The van der Waals surface area contributed by atoms with E-state index in [1.807, 2.05) is 26.0 Å². The summed E-state index contributed by atoms with van der Waals surface area (Å²) in [6.07, 6.45) is 0. The summed E-state index contributed by atoms with van der Waals surface area (Å²) in [6.45, 7) is 4.06. The number of hydrogen-bond acceptors (Lipinski definition) is 4. The lowest BCUT2D eigenvalue weighted by Gasteiger charge is -2.06. The zero-order valence-electron chi connectivity index (χ0n) is 8.70. The first-order valence-corrected chi connectivity index (χ1v) is 4.67. The van der Waals surface area contributed by atoms with Crippen molar-refractivity contribution in [2.45, 2.75) is 13.8 Å². The van der Waals surface area contributed by atoms with Crippen molar-refractivity contribution in [2.75, 3.05) is 11.1 Å². The van der Waals surface area contributed by atoms with Crippen LogP contribution in [0.15, 0.2) is 18.2 Å². The molecule has 0 atom stereocenters. The van der Waals surface area contributed by atoms with E-state index < -0.39 is 0 Å². The SMILES string of the molecule is Cc1ccc(C)c(Nc2n[nH]c(N)n2)c1. The number of aromatic nitrogens is 3. The van der Waals surface area contributed by atoms with Gasteiger partial charge >= 0.3 is 0 Å². The van der Waals surface area contributed by atoms with Crippen molar-refractivity contribution >= 4 is 17.6 Å². The molecule has 78 valence electrons. The van der Waals surface area contributed by atoms with Gasteiger partial charge in [0, 0.05) is 5.69 Å². The average molecular weight is 203 g/mol. The van der Waals surface area contributed by atoms with Crippen LogP contribution in [0.4, 0.5) is 17.6 Å². The molecule has 0 saturated heterocycles. The summed E-state index contributed by atoms with van der Waals surface area (Å²) in [7, 11) is 0. The van der Waals surface area contributed by atoms with Crippen LogP contribution in [-0.4, -0.2) is 15.2 Å². The highest BCUT2D eigenvalue weighted by Crippen LogP contribution is 2.19.